The van der Waals surface area contributed by atoms with E-state index >= 15 is 0 Å². The maximum atomic E-state index is 13.2. The third kappa shape index (κ3) is 5.28. The van der Waals surface area contributed by atoms with Gasteiger partial charge in [0.05, 0.1) is 11.8 Å². The standard InChI is InChI=1S/C25H28ClN5O2S/c1-4-30-23(21-6-5-13-31(21)24(33)18-10-7-16(2)8-11-18)28-29-25(30)34-15-22(32)27-19-12-9-17(3)20(26)14-19/h7-12,14,21H,4-6,13,15H2,1-3H3,(H,27,32). The number of hydrogen-bond acceptors (Lipinski definition) is 5. The normalized spacial score (nSPS) is 15.5. The van der Waals surface area contributed by atoms with Crippen molar-refractivity contribution in [3.63, 3.8) is 0 Å². The second-order valence-electron chi connectivity index (χ2n) is 8.41. The Bertz CT molecular complexity index is 1190. The molecule has 0 saturated carbocycles. The first-order valence-electron chi connectivity index (χ1n) is 11.4. The van der Waals surface area contributed by atoms with Crippen LogP contribution in [0.5, 0.6) is 0 Å². The maximum absolute atomic E-state index is 13.2. The van der Waals surface area contributed by atoms with Crippen molar-refractivity contribution in [1.82, 2.24) is 19.7 Å². The Hall–Kier alpha value is -2.84. The summed E-state index contributed by atoms with van der Waals surface area (Å²) in [4.78, 5) is 27.6. The van der Waals surface area contributed by atoms with E-state index in [-0.39, 0.29) is 23.6 Å². The molecule has 2 heterocycles. The summed E-state index contributed by atoms with van der Waals surface area (Å²) in [5.74, 6) is 0.835. The number of amides is 2. The topological polar surface area (TPSA) is 80.1 Å². The number of halogens is 1. The van der Waals surface area contributed by atoms with Crippen LogP contribution >= 0.6 is 23.4 Å². The highest BCUT2D eigenvalue weighted by Crippen LogP contribution is 2.34. The van der Waals surface area contributed by atoms with Gasteiger partial charge in [-0.05, 0) is 63.4 Å². The van der Waals surface area contributed by atoms with Crippen LogP contribution in [0.15, 0.2) is 47.6 Å². The Morgan fingerprint density at radius 1 is 1.15 bits per heavy atom. The third-order valence-electron chi connectivity index (χ3n) is 5.96. The molecule has 1 N–H and O–H groups in total. The zero-order valence-electron chi connectivity index (χ0n) is 19.5. The average molecular weight is 498 g/mol. The van der Waals surface area contributed by atoms with E-state index in [4.69, 9.17) is 11.6 Å². The number of aryl methyl sites for hydroxylation is 2. The molecule has 3 aromatic rings. The second-order valence-corrected chi connectivity index (χ2v) is 9.76. The SMILES string of the molecule is CCn1c(SCC(=O)Nc2ccc(C)c(Cl)c2)nnc1C1CCCN1C(=O)c1ccc(C)cc1. The molecular weight excluding hydrogens is 470 g/mol. The highest BCUT2D eigenvalue weighted by molar-refractivity contribution is 7.99. The van der Waals surface area contributed by atoms with Gasteiger partial charge in [0.2, 0.25) is 5.91 Å². The first-order chi connectivity index (χ1) is 16.4. The van der Waals surface area contributed by atoms with Crippen molar-refractivity contribution in [1.29, 1.82) is 0 Å². The zero-order chi connectivity index (χ0) is 24.2. The molecule has 7 nitrogen and oxygen atoms in total. The molecule has 2 amide bonds. The van der Waals surface area contributed by atoms with E-state index in [9.17, 15) is 9.59 Å². The number of nitrogens with one attached hydrogen (secondary N) is 1. The fourth-order valence-corrected chi connectivity index (χ4v) is 5.08. The average Bonchev–Trinajstić information content (AvgIpc) is 3.46. The molecule has 0 spiro atoms. The summed E-state index contributed by atoms with van der Waals surface area (Å²) in [6.07, 6.45) is 1.76. The first-order valence-corrected chi connectivity index (χ1v) is 12.7. The number of carbonyl (C=O) groups excluding carboxylic acids is 2. The minimum Gasteiger partial charge on any atom is -0.328 e. The molecule has 1 fully saturated rings. The van der Waals surface area contributed by atoms with Gasteiger partial charge in [0.1, 0.15) is 0 Å². The van der Waals surface area contributed by atoms with Crippen LogP contribution in [0.4, 0.5) is 5.69 Å². The monoisotopic (exact) mass is 497 g/mol. The van der Waals surface area contributed by atoms with Gasteiger partial charge in [-0.2, -0.15) is 0 Å². The van der Waals surface area contributed by atoms with Crippen molar-refractivity contribution < 1.29 is 9.59 Å². The Morgan fingerprint density at radius 2 is 1.91 bits per heavy atom. The quantitative estimate of drug-likeness (QED) is 0.449. The molecule has 0 radical (unpaired) electrons. The Balaban J connectivity index is 1.45. The molecule has 0 aliphatic carbocycles. The molecule has 1 atom stereocenters. The van der Waals surface area contributed by atoms with E-state index < -0.39 is 0 Å². The minimum absolute atomic E-state index is 0.0125. The number of thioether (sulfide) groups is 1. The molecule has 34 heavy (non-hydrogen) atoms. The van der Waals surface area contributed by atoms with Crippen LogP contribution in [-0.2, 0) is 11.3 Å². The summed E-state index contributed by atoms with van der Waals surface area (Å²) in [5.41, 5.74) is 3.42. The van der Waals surface area contributed by atoms with Crippen molar-refractivity contribution in [3.05, 3.63) is 70.0 Å². The first kappa shape index (κ1) is 24.3. The summed E-state index contributed by atoms with van der Waals surface area (Å²) in [6, 6.07) is 13.0. The molecular formula is C25H28ClN5O2S. The molecule has 1 saturated heterocycles. The van der Waals surface area contributed by atoms with Crippen LogP contribution in [0.1, 0.15) is 53.1 Å². The summed E-state index contributed by atoms with van der Waals surface area (Å²) >= 11 is 7.48. The highest BCUT2D eigenvalue weighted by atomic mass is 35.5. The number of anilines is 1. The Labute approximate surface area is 208 Å². The molecule has 1 aliphatic heterocycles. The lowest BCUT2D eigenvalue weighted by molar-refractivity contribution is -0.113. The smallest absolute Gasteiger partial charge is 0.254 e. The number of rotatable bonds is 7. The van der Waals surface area contributed by atoms with Gasteiger partial charge in [0.25, 0.3) is 5.91 Å². The molecule has 1 aromatic heterocycles. The highest BCUT2D eigenvalue weighted by Gasteiger charge is 2.34. The van der Waals surface area contributed by atoms with Gasteiger partial charge in [-0.25, -0.2) is 0 Å². The van der Waals surface area contributed by atoms with Gasteiger partial charge in [-0.15, -0.1) is 10.2 Å². The summed E-state index contributed by atoms with van der Waals surface area (Å²) in [7, 11) is 0. The number of hydrogen-bond donors (Lipinski definition) is 1. The Kier molecular flexibility index (Phi) is 7.58. The van der Waals surface area contributed by atoms with Gasteiger partial charge < -0.3 is 14.8 Å². The summed E-state index contributed by atoms with van der Waals surface area (Å²) in [5, 5.41) is 12.9. The van der Waals surface area contributed by atoms with E-state index in [0.29, 0.717) is 34.5 Å². The van der Waals surface area contributed by atoms with Crippen molar-refractivity contribution in [3.8, 4) is 0 Å². The van der Waals surface area contributed by atoms with E-state index in [1.807, 2.05) is 66.6 Å². The van der Waals surface area contributed by atoms with Gasteiger partial charge in [0.15, 0.2) is 11.0 Å². The number of aromatic nitrogens is 3. The Morgan fingerprint density at radius 3 is 2.62 bits per heavy atom. The maximum Gasteiger partial charge on any atom is 0.254 e. The van der Waals surface area contributed by atoms with E-state index in [2.05, 4.69) is 15.5 Å². The van der Waals surface area contributed by atoms with Gasteiger partial charge in [0, 0.05) is 29.4 Å². The third-order valence-corrected chi connectivity index (χ3v) is 7.33. The van der Waals surface area contributed by atoms with E-state index in [1.165, 1.54) is 11.8 Å². The summed E-state index contributed by atoms with van der Waals surface area (Å²) in [6.45, 7) is 7.29. The van der Waals surface area contributed by atoms with Crippen LogP contribution in [0.25, 0.3) is 0 Å². The molecule has 178 valence electrons. The fraction of sp³-hybridized carbons (Fsp3) is 0.360. The lowest BCUT2D eigenvalue weighted by Gasteiger charge is -2.24. The zero-order valence-corrected chi connectivity index (χ0v) is 21.1. The van der Waals surface area contributed by atoms with Crippen molar-refractivity contribution >= 4 is 40.9 Å². The molecule has 0 bridgehead atoms. The predicted octanol–water partition coefficient (Wildman–Crippen LogP) is 5.28. The van der Waals surface area contributed by atoms with Crippen molar-refractivity contribution in [2.75, 3.05) is 17.6 Å². The molecule has 4 rings (SSSR count). The van der Waals surface area contributed by atoms with Crippen LogP contribution in [0.2, 0.25) is 5.02 Å². The second kappa shape index (κ2) is 10.6. The fourth-order valence-electron chi connectivity index (χ4n) is 4.09. The molecule has 1 aliphatic rings. The summed E-state index contributed by atoms with van der Waals surface area (Å²) < 4.78 is 2.01. The number of benzene rings is 2. The van der Waals surface area contributed by atoms with E-state index in [1.54, 1.807) is 6.07 Å². The van der Waals surface area contributed by atoms with Gasteiger partial charge in [-0.3, -0.25) is 9.59 Å². The van der Waals surface area contributed by atoms with Crippen LogP contribution < -0.4 is 5.32 Å². The number of nitrogens with zero attached hydrogens (tertiary/aromatic N) is 4. The largest absolute Gasteiger partial charge is 0.328 e. The minimum atomic E-state index is -0.144. The van der Waals surface area contributed by atoms with Crippen LogP contribution in [0, 0.1) is 13.8 Å². The molecule has 9 heteroatoms. The van der Waals surface area contributed by atoms with Crippen LogP contribution in [0.3, 0.4) is 0 Å². The van der Waals surface area contributed by atoms with Crippen molar-refractivity contribution in [2.24, 2.45) is 0 Å². The number of carbonyl (C=O) groups is 2. The van der Waals surface area contributed by atoms with Gasteiger partial charge in [-0.1, -0.05) is 47.1 Å². The lowest BCUT2D eigenvalue weighted by atomic mass is 10.1. The molecule has 2 aromatic carbocycles. The van der Waals surface area contributed by atoms with Crippen molar-refractivity contribution in [2.45, 2.75) is 51.4 Å². The molecule has 1 unspecified atom stereocenters. The van der Waals surface area contributed by atoms with Gasteiger partial charge >= 0.3 is 0 Å². The lowest BCUT2D eigenvalue weighted by Crippen LogP contribution is -2.32. The van der Waals surface area contributed by atoms with E-state index in [0.717, 1.165) is 29.8 Å². The predicted molar refractivity (Wildman–Crippen MR) is 135 cm³/mol. The number of likely N-dealkylation sites (tertiary alicyclic amines) is 1. The van der Waals surface area contributed by atoms with Crippen LogP contribution in [-0.4, -0.2) is 43.8 Å².